The molecule has 0 saturated carbocycles. The van der Waals surface area contributed by atoms with E-state index in [4.69, 9.17) is 9.72 Å². The highest BCUT2D eigenvalue weighted by Gasteiger charge is 2.40. The number of carbonyl (C=O) groups excluding carboxylic acids is 4. The van der Waals surface area contributed by atoms with Crippen molar-refractivity contribution in [3.63, 3.8) is 0 Å². The monoisotopic (exact) mass is 553 g/mol. The molecular weight excluding hydrogens is 525 g/mol. The Morgan fingerprint density at radius 2 is 2.00 bits per heavy atom. The molecule has 39 heavy (non-hydrogen) atoms. The Balaban J connectivity index is 1.31. The number of carbonyl (C=O) groups is 4. The van der Waals surface area contributed by atoms with Gasteiger partial charge in [-0.25, -0.2) is 14.2 Å². The van der Waals surface area contributed by atoms with Gasteiger partial charge in [-0.3, -0.25) is 19.7 Å². The number of benzene rings is 2. The highest BCUT2D eigenvalue weighted by atomic mass is 32.1. The number of para-hydroxylation sites is 1. The molecular formula is C27H28FN5O5S. The van der Waals surface area contributed by atoms with Crippen LogP contribution in [0.25, 0.3) is 10.2 Å². The number of hydrogen-bond acceptors (Lipinski definition) is 7. The number of piperidine rings is 1. The second-order valence-corrected chi connectivity index (χ2v) is 11.4. The van der Waals surface area contributed by atoms with Crippen molar-refractivity contribution in [1.82, 2.24) is 20.5 Å². The lowest BCUT2D eigenvalue weighted by molar-refractivity contribution is -0.136. The Kier molecular flexibility index (Phi) is 6.75. The number of nitrogens with one attached hydrogen (secondary N) is 3. The molecule has 1 atom stereocenters. The van der Waals surface area contributed by atoms with E-state index in [2.05, 4.69) is 16.0 Å². The van der Waals surface area contributed by atoms with E-state index in [1.807, 2.05) is 32.0 Å². The van der Waals surface area contributed by atoms with E-state index in [-0.39, 0.29) is 42.3 Å². The van der Waals surface area contributed by atoms with E-state index in [1.165, 1.54) is 28.4 Å². The first kappa shape index (κ1) is 26.5. The molecule has 10 nitrogen and oxygen atoms in total. The number of imide groups is 1. The van der Waals surface area contributed by atoms with Crippen LogP contribution in [0.1, 0.15) is 61.5 Å². The van der Waals surface area contributed by atoms with Crippen LogP contribution in [0, 0.1) is 5.82 Å². The van der Waals surface area contributed by atoms with Gasteiger partial charge in [0.15, 0.2) is 5.82 Å². The number of anilines is 1. The fraction of sp³-hybridized carbons (Fsp3) is 0.370. The van der Waals surface area contributed by atoms with E-state index < -0.39 is 41.2 Å². The lowest BCUT2D eigenvalue weighted by Gasteiger charge is -2.29. The number of amides is 5. The molecule has 0 aliphatic carbocycles. The topological polar surface area (TPSA) is 130 Å². The molecule has 1 saturated heterocycles. The molecule has 5 amide bonds. The van der Waals surface area contributed by atoms with Gasteiger partial charge in [-0.2, -0.15) is 0 Å². The van der Waals surface area contributed by atoms with E-state index in [1.54, 1.807) is 13.8 Å². The smallest absolute Gasteiger partial charge is 0.320 e. The number of thiazole rings is 1. The summed E-state index contributed by atoms with van der Waals surface area (Å²) >= 11 is 1.42. The molecule has 1 unspecified atom stereocenters. The Morgan fingerprint density at radius 3 is 2.72 bits per heavy atom. The molecule has 1 aromatic heterocycles. The summed E-state index contributed by atoms with van der Waals surface area (Å²) in [5, 5.41) is 8.24. The third-order valence-corrected chi connectivity index (χ3v) is 7.95. The lowest BCUT2D eigenvalue weighted by Crippen LogP contribution is -2.52. The number of nitrogens with zero attached hydrogens (tertiary/aromatic N) is 2. The van der Waals surface area contributed by atoms with Crippen molar-refractivity contribution in [3.8, 4) is 5.75 Å². The molecule has 3 heterocycles. The van der Waals surface area contributed by atoms with Crippen LogP contribution in [0.15, 0.2) is 30.3 Å². The summed E-state index contributed by atoms with van der Waals surface area (Å²) in [5.74, 6) is -1.56. The lowest BCUT2D eigenvalue weighted by atomic mass is 10.0. The van der Waals surface area contributed by atoms with E-state index in [9.17, 15) is 19.2 Å². The third-order valence-electron chi connectivity index (χ3n) is 6.60. The molecule has 2 aliphatic heterocycles. The molecule has 204 valence electrons. The summed E-state index contributed by atoms with van der Waals surface area (Å²) in [6.45, 7) is 7.32. The second-order valence-electron chi connectivity index (χ2n) is 10.3. The van der Waals surface area contributed by atoms with Crippen molar-refractivity contribution < 1.29 is 28.3 Å². The number of halogens is 1. The van der Waals surface area contributed by atoms with Gasteiger partial charge in [-0.1, -0.05) is 6.07 Å². The van der Waals surface area contributed by atoms with Crippen molar-refractivity contribution >= 4 is 51.0 Å². The quantitative estimate of drug-likeness (QED) is 0.395. The van der Waals surface area contributed by atoms with Crippen molar-refractivity contribution in [3.05, 3.63) is 52.3 Å². The van der Waals surface area contributed by atoms with Gasteiger partial charge in [0.25, 0.3) is 5.91 Å². The summed E-state index contributed by atoms with van der Waals surface area (Å²) in [5.41, 5.74) is -0.0782. The summed E-state index contributed by atoms with van der Waals surface area (Å²) in [4.78, 5) is 55.5. The zero-order valence-corrected chi connectivity index (χ0v) is 22.7. The van der Waals surface area contributed by atoms with Gasteiger partial charge < -0.3 is 20.3 Å². The fourth-order valence-corrected chi connectivity index (χ4v) is 5.77. The Morgan fingerprint density at radius 1 is 1.23 bits per heavy atom. The molecule has 3 N–H and O–H groups in total. The molecule has 1 fully saturated rings. The minimum Gasteiger partial charge on any atom is -0.489 e. The fourth-order valence-electron chi connectivity index (χ4n) is 4.73. The Hall–Kier alpha value is -4.06. The standard InChI is InChI=1S/C27H28FN5O5S/c1-13(2)38-18-6-5-7-19-22(18)31-25(39-19)27(3,4)32-26(37)29-16-9-8-14-15(21(16)28)12-33(24(14)36)17-10-11-20(34)30-23(17)35/h5-9,13,17H,10-12H2,1-4H3,(H2,29,32,37)(H,30,34,35). The maximum absolute atomic E-state index is 15.5. The highest BCUT2D eigenvalue weighted by Crippen LogP contribution is 2.36. The summed E-state index contributed by atoms with van der Waals surface area (Å²) < 4.78 is 22.2. The number of hydrogen-bond donors (Lipinski definition) is 3. The number of aromatic nitrogens is 1. The largest absolute Gasteiger partial charge is 0.489 e. The predicted octanol–water partition coefficient (Wildman–Crippen LogP) is 4.04. The number of urea groups is 1. The normalized spacial score (nSPS) is 17.4. The Labute approximate surface area is 227 Å². The van der Waals surface area contributed by atoms with Gasteiger partial charge in [-0.05, 0) is 58.4 Å². The zero-order valence-electron chi connectivity index (χ0n) is 21.9. The zero-order chi connectivity index (χ0) is 28.1. The maximum Gasteiger partial charge on any atom is 0.320 e. The molecule has 0 bridgehead atoms. The van der Waals surface area contributed by atoms with Crippen LogP contribution in [0.3, 0.4) is 0 Å². The molecule has 2 aliphatic rings. The molecule has 0 radical (unpaired) electrons. The first-order chi connectivity index (χ1) is 18.4. The summed E-state index contributed by atoms with van der Waals surface area (Å²) in [6.07, 6.45) is 0.250. The van der Waals surface area contributed by atoms with Gasteiger partial charge in [0, 0.05) is 17.5 Å². The van der Waals surface area contributed by atoms with Gasteiger partial charge in [0.1, 0.15) is 22.3 Å². The number of ether oxygens (including phenoxy) is 1. The van der Waals surface area contributed by atoms with Crippen LogP contribution in [0.2, 0.25) is 0 Å². The van der Waals surface area contributed by atoms with Gasteiger partial charge in [-0.15, -0.1) is 11.3 Å². The van der Waals surface area contributed by atoms with Crippen LogP contribution in [0.5, 0.6) is 5.75 Å². The van der Waals surface area contributed by atoms with Crippen molar-refractivity contribution in [1.29, 1.82) is 0 Å². The van der Waals surface area contributed by atoms with Crippen LogP contribution < -0.4 is 20.7 Å². The minimum atomic E-state index is -0.894. The number of rotatable bonds is 6. The van der Waals surface area contributed by atoms with E-state index >= 15 is 4.39 Å². The number of fused-ring (bicyclic) bond motifs is 2. The van der Waals surface area contributed by atoms with Gasteiger partial charge in [0.05, 0.1) is 28.6 Å². The van der Waals surface area contributed by atoms with Crippen LogP contribution in [-0.2, 0) is 21.7 Å². The second kappa shape index (κ2) is 9.92. The average molecular weight is 554 g/mol. The van der Waals surface area contributed by atoms with Gasteiger partial charge >= 0.3 is 6.03 Å². The third kappa shape index (κ3) is 5.03. The van der Waals surface area contributed by atoms with Gasteiger partial charge in [0.2, 0.25) is 11.8 Å². The average Bonchev–Trinajstić information content (AvgIpc) is 3.44. The predicted molar refractivity (Wildman–Crippen MR) is 143 cm³/mol. The van der Waals surface area contributed by atoms with E-state index in [0.717, 1.165) is 4.70 Å². The summed E-state index contributed by atoms with van der Waals surface area (Å²) in [7, 11) is 0. The summed E-state index contributed by atoms with van der Waals surface area (Å²) in [6, 6.07) is 6.90. The van der Waals surface area contributed by atoms with Crippen LogP contribution in [-0.4, -0.2) is 45.8 Å². The minimum absolute atomic E-state index is 0.0220. The molecule has 0 spiro atoms. The first-order valence-corrected chi connectivity index (χ1v) is 13.4. The van der Waals surface area contributed by atoms with Crippen LogP contribution >= 0.6 is 11.3 Å². The van der Waals surface area contributed by atoms with Crippen molar-refractivity contribution in [2.45, 2.75) is 64.8 Å². The van der Waals surface area contributed by atoms with Crippen molar-refractivity contribution in [2.75, 3.05) is 5.32 Å². The van der Waals surface area contributed by atoms with Crippen molar-refractivity contribution in [2.24, 2.45) is 0 Å². The molecule has 5 rings (SSSR count). The SMILES string of the molecule is CC(C)Oc1cccc2sc(C(C)(C)NC(=O)Nc3ccc4c(c3F)CN(C3CCC(=O)NC3=O)C4=O)nc12. The molecule has 12 heteroatoms. The van der Waals surface area contributed by atoms with Crippen LogP contribution in [0.4, 0.5) is 14.9 Å². The molecule has 3 aromatic rings. The Bertz CT molecular complexity index is 1520. The van der Waals surface area contributed by atoms with E-state index in [0.29, 0.717) is 16.3 Å². The maximum atomic E-state index is 15.5. The first-order valence-electron chi connectivity index (χ1n) is 12.6. The highest BCUT2D eigenvalue weighted by molar-refractivity contribution is 7.18. The molecule has 2 aromatic carbocycles.